The maximum atomic E-state index is 12.2. The summed E-state index contributed by atoms with van der Waals surface area (Å²) in [7, 11) is 0. The number of hydrogen-bond donors (Lipinski definition) is 1. The molecule has 0 radical (unpaired) electrons. The summed E-state index contributed by atoms with van der Waals surface area (Å²) in [6, 6.07) is 0. The molecule has 0 aliphatic heterocycles. The van der Waals surface area contributed by atoms with Crippen molar-refractivity contribution >= 4 is 11.9 Å². The van der Waals surface area contributed by atoms with Crippen molar-refractivity contribution in [1.82, 2.24) is 0 Å². The van der Waals surface area contributed by atoms with Gasteiger partial charge in [0.25, 0.3) is 0 Å². The van der Waals surface area contributed by atoms with E-state index in [1.165, 1.54) is 270 Å². The van der Waals surface area contributed by atoms with Crippen molar-refractivity contribution in [3.63, 3.8) is 0 Å². The molecule has 5 nitrogen and oxygen atoms in total. The van der Waals surface area contributed by atoms with Gasteiger partial charge in [-0.2, -0.15) is 0 Å². The molecule has 0 saturated carbocycles. The Hall–Kier alpha value is -1.10. The standard InChI is InChI=1S/C57H112O5/c1-3-5-7-9-11-12-13-14-15-16-17-18-19-20-21-22-23-24-25-26-27-28-29-30-31-32-33-34-35-36-37-38-39-40-41-42-43-44-46-48-50-52-57(60)62-55(53-58)54-61-56(59)51-49-47-45-10-8-6-4-2/h55,58H,3-54H2,1-2H3. The summed E-state index contributed by atoms with van der Waals surface area (Å²) in [5.74, 6) is -0.579. The minimum absolute atomic E-state index is 0.0582. The fourth-order valence-corrected chi connectivity index (χ4v) is 9.09. The van der Waals surface area contributed by atoms with Crippen molar-refractivity contribution in [3.8, 4) is 0 Å². The largest absolute Gasteiger partial charge is 0.462 e. The van der Waals surface area contributed by atoms with Gasteiger partial charge in [0.2, 0.25) is 0 Å². The molecule has 0 aliphatic carbocycles. The summed E-state index contributed by atoms with van der Waals surface area (Å²) < 4.78 is 10.6. The minimum atomic E-state index is -0.761. The zero-order chi connectivity index (χ0) is 44.9. The third-order valence-electron chi connectivity index (χ3n) is 13.4. The first-order chi connectivity index (χ1) is 30.6. The first-order valence-corrected chi connectivity index (χ1v) is 28.6. The molecule has 0 aromatic carbocycles. The topological polar surface area (TPSA) is 72.8 Å². The van der Waals surface area contributed by atoms with Crippen LogP contribution in [-0.4, -0.2) is 36.4 Å². The Kier molecular flexibility index (Phi) is 53.3. The zero-order valence-electron chi connectivity index (χ0n) is 42.4. The monoisotopic (exact) mass is 877 g/mol. The SMILES string of the molecule is CCCCCCCCCCCCCCCCCCCCCCCCCCCCCCCCCCCCCCCCCCCC(=O)OC(CO)COC(=O)CCCCCCCCC. The molecule has 0 amide bonds. The number of hydrogen-bond acceptors (Lipinski definition) is 5. The number of ether oxygens (including phenoxy) is 2. The number of carbonyl (C=O) groups is 2. The van der Waals surface area contributed by atoms with Gasteiger partial charge >= 0.3 is 11.9 Å². The van der Waals surface area contributed by atoms with Gasteiger partial charge in [-0.1, -0.05) is 309 Å². The lowest BCUT2D eigenvalue weighted by Gasteiger charge is -2.15. The third-order valence-corrected chi connectivity index (χ3v) is 13.4. The van der Waals surface area contributed by atoms with Gasteiger partial charge in [-0.3, -0.25) is 9.59 Å². The number of esters is 2. The highest BCUT2D eigenvalue weighted by Crippen LogP contribution is 2.18. The average molecular weight is 878 g/mol. The number of unbranched alkanes of at least 4 members (excludes halogenated alkanes) is 46. The van der Waals surface area contributed by atoms with Crippen molar-refractivity contribution in [2.45, 2.75) is 341 Å². The normalized spacial score (nSPS) is 12.0. The molecule has 62 heavy (non-hydrogen) atoms. The number of rotatable bonds is 54. The van der Waals surface area contributed by atoms with Crippen LogP contribution in [0.4, 0.5) is 0 Å². The maximum Gasteiger partial charge on any atom is 0.306 e. The van der Waals surface area contributed by atoms with Crippen LogP contribution in [0.25, 0.3) is 0 Å². The lowest BCUT2D eigenvalue weighted by molar-refractivity contribution is -0.161. The first-order valence-electron chi connectivity index (χ1n) is 28.6. The van der Waals surface area contributed by atoms with Crippen LogP contribution in [0.15, 0.2) is 0 Å². The Bertz CT molecular complexity index is 860. The van der Waals surface area contributed by atoms with E-state index in [1.54, 1.807) is 0 Å². The van der Waals surface area contributed by atoms with Gasteiger partial charge in [-0.15, -0.1) is 0 Å². The van der Waals surface area contributed by atoms with Gasteiger partial charge in [0.05, 0.1) is 6.61 Å². The van der Waals surface area contributed by atoms with Crippen molar-refractivity contribution in [3.05, 3.63) is 0 Å². The van der Waals surface area contributed by atoms with Gasteiger partial charge in [0.1, 0.15) is 6.61 Å². The van der Waals surface area contributed by atoms with E-state index < -0.39 is 6.10 Å². The molecule has 0 fully saturated rings. The Labute approximate surface area is 389 Å². The van der Waals surface area contributed by atoms with E-state index in [0.29, 0.717) is 12.8 Å². The average Bonchev–Trinajstić information content (AvgIpc) is 3.28. The number of aliphatic hydroxyl groups excluding tert-OH is 1. The van der Waals surface area contributed by atoms with Gasteiger partial charge in [0, 0.05) is 12.8 Å². The van der Waals surface area contributed by atoms with Crippen LogP contribution < -0.4 is 0 Å². The van der Waals surface area contributed by atoms with Crippen molar-refractivity contribution in [2.24, 2.45) is 0 Å². The van der Waals surface area contributed by atoms with Crippen molar-refractivity contribution < 1.29 is 24.2 Å². The summed E-state index contributed by atoms with van der Waals surface area (Å²) in [5.41, 5.74) is 0. The molecule has 1 unspecified atom stereocenters. The fraction of sp³-hybridized carbons (Fsp3) is 0.965. The van der Waals surface area contributed by atoms with Gasteiger partial charge < -0.3 is 14.6 Å². The quantitative estimate of drug-likeness (QED) is 0.0487. The predicted octanol–water partition coefficient (Wildman–Crippen LogP) is 19.0. The maximum absolute atomic E-state index is 12.2. The van der Waals surface area contributed by atoms with Crippen LogP contribution in [0, 0.1) is 0 Å². The second-order valence-electron chi connectivity index (χ2n) is 19.7. The highest BCUT2D eigenvalue weighted by atomic mass is 16.6. The Morgan fingerprint density at radius 2 is 0.500 bits per heavy atom. The van der Waals surface area contributed by atoms with Gasteiger partial charge in [0.15, 0.2) is 6.10 Å². The predicted molar refractivity (Wildman–Crippen MR) is 270 cm³/mol. The summed E-state index contributed by atoms with van der Waals surface area (Å²) >= 11 is 0. The summed E-state index contributed by atoms with van der Waals surface area (Å²) in [6.45, 7) is 4.13. The summed E-state index contributed by atoms with van der Waals surface area (Å²) in [6.07, 6.45) is 65.8. The van der Waals surface area contributed by atoms with Gasteiger partial charge in [-0.05, 0) is 12.8 Å². The molecule has 0 bridgehead atoms. The van der Waals surface area contributed by atoms with E-state index in [-0.39, 0.29) is 25.2 Å². The molecule has 1 atom stereocenters. The zero-order valence-corrected chi connectivity index (χ0v) is 42.4. The Balaban J connectivity index is 3.25. The van der Waals surface area contributed by atoms with Crippen molar-refractivity contribution in [1.29, 1.82) is 0 Å². The van der Waals surface area contributed by atoms with Crippen LogP contribution in [0.1, 0.15) is 335 Å². The number of carbonyl (C=O) groups excluding carboxylic acids is 2. The Morgan fingerprint density at radius 1 is 0.306 bits per heavy atom. The van der Waals surface area contributed by atoms with Crippen LogP contribution >= 0.6 is 0 Å². The minimum Gasteiger partial charge on any atom is -0.462 e. The molecule has 1 N–H and O–H groups in total. The van der Waals surface area contributed by atoms with Gasteiger partial charge in [-0.25, -0.2) is 0 Å². The summed E-state index contributed by atoms with van der Waals surface area (Å²) in [5, 5.41) is 9.55. The molecule has 0 aromatic rings. The van der Waals surface area contributed by atoms with Crippen LogP contribution in [-0.2, 0) is 19.1 Å². The lowest BCUT2D eigenvalue weighted by atomic mass is 10.0. The summed E-state index contributed by atoms with van der Waals surface area (Å²) in [4.78, 5) is 24.2. The molecular formula is C57H112O5. The highest BCUT2D eigenvalue weighted by molar-refractivity contribution is 5.70. The molecule has 370 valence electrons. The van der Waals surface area contributed by atoms with Crippen LogP contribution in [0.5, 0.6) is 0 Å². The fourth-order valence-electron chi connectivity index (χ4n) is 9.09. The molecule has 5 heteroatoms. The molecule has 0 saturated heterocycles. The first kappa shape index (κ1) is 60.9. The lowest BCUT2D eigenvalue weighted by Crippen LogP contribution is -2.28. The van der Waals surface area contributed by atoms with E-state index in [0.717, 1.165) is 38.5 Å². The highest BCUT2D eigenvalue weighted by Gasteiger charge is 2.16. The smallest absolute Gasteiger partial charge is 0.306 e. The van der Waals surface area contributed by atoms with E-state index in [2.05, 4.69) is 13.8 Å². The van der Waals surface area contributed by atoms with E-state index in [4.69, 9.17) is 9.47 Å². The molecule has 0 spiro atoms. The molecule has 0 heterocycles. The van der Waals surface area contributed by atoms with E-state index in [9.17, 15) is 14.7 Å². The molecule has 0 rings (SSSR count). The number of aliphatic hydroxyl groups is 1. The van der Waals surface area contributed by atoms with Crippen molar-refractivity contribution in [2.75, 3.05) is 13.2 Å². The molecule has 0 aliphatic rings. The Morgan fingerprint density at radius 3 is 0.710 bits per heavy atom. The molecule has 0 aromatic heterocycles. The third kappa shape index (κ3) is 51.5. The molecular weight excluding hydrogens is 765 g/mol. The second-order valence-corrected chi connectivity index (χ2v) is 19.7. The van der Waals surface area contributed by atoms with E-state index >= 15 is 0 Å². The van der Waals surface area contributed by atoms with Crippen LogP contribution in [0.3, 0.4) is 0 Å². The van der Waals surface area contributed by atoms with Crippen LogP contribution in [0.2, 0.25) is 0 Å². The second kappa shape index (κ2) is 54.2. The van der Waals surface area contributed by atoms with E-state index in [1.807, 2.05) is 0 Å².